The number of hydrogen-bond acceptors (Lipinski definition) is 3. The molecule has 0 aromatic carbocycles. The summed E-state index contributed by atoms with van der Waals surface area (Å²) in [6, 6.07) is 0. The molecule has 0 amide bonds. The summed E-state index contributed by atoms with van der Waals surface area (Å²) in [6.45, 7) is 6.70. The van der Waals surface area contributed by atoms with Crippen molar-refractivity contribution in [2.75, 3.05) is 12.0 Å². The summed E-state index contributed by atoms with van der Waals surface area (Å²) in [5.41, 5.74) is -0.455. The Kier molecular flexibility index (Phi) is 4.30. The highest BCUT2D eigenvalue weighted by Gasteiger charge is 2.37. The molecule has 3 nitrogen and oxygen atoms in total. The summed E-state index contributed by atoms with van der Waals surface area (Å²) >= 11 is 0. The number of aliphatic hydroxyl groups is 1. The first-order valence-corrected chi connectivity index (χ1v) is 8.48. The van der Waals surface area contributed by atoms with Crippen LogP contribution in [0.2, 0.25) is 0 Å². The maximum atomic E-state index is 11.1. The van der Waals surface area contributed by atoms with Crippen LogP contribution in [0, 0.1) is 11.3 Å². The lowest BCUT2D eigenvalue weighted by Gasteiger charge is -2.41. The largest absolute Gasteiger partial charge is 0.390 e. The van der Waals surface area contributed by atoms with E-state index in [2.05, 4.69) is 20.8 Å². The standard InChI is InChI=1S/C13H26O3S/c1-12(2,3)11-5-7-13(14,8-6-11)9-10-17(4,15)16/h11,14H,5-10H2,1-4H3. The fourth-order valence-corrected chi connectivity index (χ4v) is 3.40. The normalized spacial score (nSPS) is 31.5. The van der Waals surface area contributed by atoms with Crippen molar-refractivity contribution < 1.29 is 13.5 Å². The van der Waals surface area contributed by atoms with Gasteiger partial charge in [-0.15, -0.1) is 0 Å². The van der Waals surface area contributed by atoms with Crippen LogP contribution in [0.25, 0.3) is 0 Å². The molecular formula is C13H26O3S. The minimum atomic E-state index is -2.96. The molecule has 1 aliphatic rings. The lowest BCUT2D eigenvalue weighted by Crippen LogP contribution is -2.38. The van der Waals surface area contributed by atoms with E-state index >= 15 is 0 Å². The number of rotatable bonds is 3. The van der Waals surface area contributed by atoms with Crippen LogP contribution < -0.4 is 0 Å². The van der Waals surface area contributed by atoms with Crippen LogP contribution in [-0.2, 0) is 9.84 Å². The maximum Gasteiger partial charge on any atom is 0.147 e. The summed E-state index contributed by atoms with van der Waals surface area (Å²) in [7, 11) is -2.96. The molecule has 1 N–H and O–H groups in total. The molecule has 1 saturated carbocycles. The second kappa shape index (κ2) is 4.88. The van der Waals surface area contributed by atoms with E-state index in [0.29, 0.717) is 12.3 Å². The monoisotopic (exact) mass is 262 g/mol. The van der Waals surface area contributed by atoms with E-state index in [1.54, 1.807) is 0 Å². The van der Waals surface area contributed by atoms with Gasteiger partial charge in [0.2, 0.25) is 0 Å². The van der Waals surface area contributed by atoms with Crippen molar-refractivity contribution in [2.45, 2.75) is 58.5 Å². The first-order chi connectivity index (χ1) is 7.52. The van der Waals surface area contributed by atoms with Crippen molar-refractivity contribution in [3.8, 4) is 0 Å². The quantitative estimate of drug-likeness (QED) is 0.849. The molecule has 0 unspecified atom stereocenters. The van der Waals surface area contributed by atoms with Crippen LogP contribution in [0.1, 0.15) is 52.9 Å². The minimum absolute atomic E-state index is 0.101. The van der Waals surface area contributed by atoms with Crippen LogP contribution in [-0.4, -0.2) is 31.1 Å². The van der Waals surface area contributed by atoms with Crippen molar-refractivity contribution in [2.24, 2.45) is 11.3 Å². The Morgan fingerprint density at radius 1 is 1.24 bits per heavy atom. The molecule has 0 radical (unpaired) electrons. The average Bonchev–Trinajstić information content (AvgIpc) is 2.13. The molecule has 0 aliphatic heterocycles. The topological polar surface area (TPSA) is 54.4 Å². The molecule has 0 aromatic rings. The zero-order valence-electron chi connectivity index (χ0n) is 11.5. The van der Waals surface area contributed by atoms with Gasteiger partial charge in [-0.3, -0.25) is 0 Å². The first kappa shape index (κ1) is 15.0. The molecule has 0 atom stereocenters. The second-order valence-corrected chi connectivity index (χ2v) is 9.00. The Hall–Kier alpha value is -0.0900. The van der Waals surface area contributed by atoms with Crippen LogP contribution in [0.5, 0.6) is 0 Å². The van der Waals surface area contributed by atoms with Crippen LogP contribution in [0.15, 0.2) is 0 Å². The van der Waals surface area contributed by atoms with Crippen molar-refractivity contribution in [1.29, 1.82) is 0 Å². The molecular weight excluding hydrogens is 236 g/mol. The Balaban J connectivity index is 2.50. The lowest BCUT2D eigenvalue weighted by atomic mass is 9.68. The third-order valence-electron chi connectivity index (χ3n) is 4.08. The lowest BCUT2D eigenvalue weighted by molar-refractivity contribution is -0.0270. The molecule has 0 spiro atoms. The molecule has 0 heterocycles. The molecule has 17 heavy (non-hydrogen) atoms. The third-order valence-corrected chi connectivity index (χ3v) is 5.02. The second-order valence-electron chi connectivity index (χ2n) is 6.74. The Morgan fingerprint density at radius 3 is 2.06 bits per heavy atom. The summed E-state index contributed by atoms with van der Waals surface area (Å²) in [5.74, 6) is 0.741. The first-order valence-electron chi connectivity index (χ1n) is 6.42. The molecule has 0 saturated heterocycles. The highest BCUT2D eigenvalue weighted by molar-refractivity contribution is 7.90. The van der Waals surface area contributed by atoms with Gasteiger partial charge in [0.1, 0.15) is 9.84 Å². The SMILES string of the molecule is CC(C)(C)C1CCC(O)(CCS(C)(=O)=O)CC1. The fourth-order valence-electron chi connectivity index (χ4n) is 2.65. The number of sulfone groups is 1. The smallest absolute Gasteiger partial charge is 0.147 e. The molecule has 1 aliphatic carbocycles. The fraction of sp³-hybridized carbons (Fsp3) is 1.00. The highest BCUT2D eigenvalue weighted by atomic mass is 32.2. The van der Waals surface area contributed by atoms with Gasteiger partial charge in [0.05, 0.1) is 11.4 Å². The van der Waals surface area contributed by atoms with Gasteiger partial charge in [-0.25, -0.2) is 8.42 Å². The van der Waals surface area contributed by atoms with E-state index in [1.165, 1.54) is 6.26 Å². The minimum Gasteiger partial charge on any atom is -0.390 e. The number of hydrogen-bond donors (Lipinski definition) is 1. The van der Waals surface area contributed by atoms with E-state index in [0.717, 1.165) is 25.7 Å². The molecule has 1 rings (SSSR count). The summed E-state index contributed by atoms with van der Waals surface area (Å²) in [6.07, 6.45) is 5.11. The zero-order valence-corrected chi connectivity index (χ0v) is 12.3. The van der Waals surface area contributed by atoms with Gasteiger partial charge in [-0.1, -0.05) is 20.8 Å². The van der Waals surface area contributed by atoms with E-state index in [9.17, 15) is 13.5 Å². The molecule has 102 valence electrons. The Morgan fingerprint density at radius 2 is 1.71 bits per heavy atom. The highest BCUT2D eigenvalue weighted by Crippen LogP contribution is 2.42. The summed E-state index contributed by atoms with van der Waals surface area (Å²) in [4.78, 5) is 0. The van der Waals surface area contributed by atoms with Gasteiger partial charge in [0.15, 0.2) is 0 Å². The molecule has 0 bridgehead atoms. The van der Waals surface area contributed by atoms with Gasteiger partial charge in [0, 0.05) is 6.26 Å². The molecule has 1 fully saturated rings. The van der Waals surface area contributed by atoms with Crippen molar-refractivity contribution >= 4 is 9.84 Å². The van der Waals surface area contributed by atoms with E-state index in [4.69, 9.17) is 0 Å². The van der Waals surface area contributed by atoms with Gasteiger partial charge >= 0.3 is 0 Å². The molecule has 0 aromatic heterocycles. The van der Waals surface area contributed by atoms with Gasteiger partial charge in [0.25, 0.3) is 0 Å². The van der Waals surface area contributed by atoms with Gasteiger partial charge < -0.3 is 5.11 Å². The van der Waals surface area contributed by atoms with Crippen LogP contribution in [0.4, 0.5) is 0 Å². The van der Waals surface area contributed by atoms with E-state index in [1.807, 2.05) is 0 Å². The van der Waals surface area contributed by atoms with E-state index in [-0.39, 0.29) is 11.2 Å². The third kappa shape index (κ3) is 4.96. The van der Waals surface area contributed by atoms with Crippen molar-refractivity contribution in [1.82, 2.24) is 0 Å². The van der Waals surface area contributed by atoms with Crippen LogP contribution >= 0.6 is 0 Å². The summed E-state index contributed by atoms with van der Waals surface area (Å²) < 4.78 is 22.3. The average molecular weight is 262 g/mol. The summed E-state index contributed by atoms with van der Waals surface area (Å²) in [5, 5.41) is 10.4. The predicted octanol–water partition coefficient (Wildman–Crippen LogP) is 2.39. The predicted molar refractivity (Wildman–Crippen MR) is 70.7 cm³/mol. The van der Waals surface area contributed by atoms with Gasteiger partial charge in [-0.05, 0) is 43.4 Å². The van der Waals surface area contributed by atoms with Crippen LogP contribution in [0.3, 0.4) is 0 Å². The van der Waals surface area contributed by atoms with Crippen molar-refractivity contribution in [3.63, 3.8) is 0 Å². The zero-order chi connectivity index (χ0) is 13.3. The molecule has 4 heteroatoms. The Bertz CT molecular complexity index is 343. The van der Waals surface area contributed by atoms with Crippen molar-refractivity contribution in [3.05, 3.63) is 0 Å². The maximum absolute atomic E-state index is 11.1. The van der Waals surface area contributed by atoms with Gasteiger partial charge in [-0.2, -0.15) is 0 Å². The van der Waals surface area contributed by atoms with E-state index < -0.39 is 15.4 Å². The Labute approximate surface area is 106 Å².